The number of aliphatic hydroxyl groups is 1. The van der Waals surface area contributed by atoms with Crippen LogP contribution >= 0.6 is 15.9 Å². The second-order valence-corrected chi connectivity index (χ2v) is 7.18. The molecule has 1 saturated carbocycles. The quantitative estimate of drug-likeness (QED) is 0.867. The summed E-state index contributed by atoms with van der Waals surface area (Å²) in [6.07, 6.45) is 5.88. The van der Waals surface area contributed by atoms with Gasteiger partial charge < -0.3 is 15.2 Å². The Balaban J connectivity index is 1.68. The first-order chi connectivity index (χ1) is 10.3. The van der Waals surface area contributed by atoms with Gasteiger partial charge in [0, 0.05) is 22.7 Å². The molecular weight excluding hydrogens is 330 g/mol. The molecule has 0 bridgehead atoms. The first-order valence-electron chi connectivity index (χ1n) is 8.04. The summed E-state index contributed by atoms with van der Waals surface area (Å²) in [5.74, 6) is 2.12. The highest BCUT2D eigenvalue weighted by Gasteiger charge is 2.28. The van der Waals surface area contributed by atoms with Crippen LogP contribution in [0.5, 0.6) is 5.75 Å². The molecule has 116 valence electrons. The molecule has 0 amide bonds. The minimum atomic E-state index is 0.337. The van der Waals surface area contributed by atoms with Crippen molar-refractivity contribution in [3.63, 3.8) is 0 Å². The van der Waals surface area contributed by atoms with Crippen LogP contribution in [0.4, 0.5) is 0 Å². The number of ether oxygens (including phenoxy) is 1. The van der Waals surface area contributed by atoms with Crippen LogP contribution in [0.15, 0.2) is 22.7 Å². The maximum absolute atomic E-state index is 9.45. The van der Waals surface area contributed by atoms with Crippen LogP contribution in [0.25, 0.3) is 0 Å². The monoisotopic (exact) mass is 353 g/mol. The van der Waals surface area contributed by atoms with Gasteiger partial charge in [0.05, 0.1) is 6.61 Å². The van der Waals surface area contributed by atoms with Crippen molar-refractivity contribution in [2.75, 3.05) is 19.8 Å². The number of nitrogens with one attached hydrogen (secondary N) is 1. The molecule has 1 aliphatic heterocycles. The van der Waals surface area contributed by atoms with E-state index in [9.17, 15) is 5.11 Å². The van der Waals surface area contributed by atoms with Gasteiger partial charge in [0.25, 0.3) is 0 Å². The fourth-order valence-electron chi connectivity index (χ4n) is 3.67. The Bertz CT molecular complexity index is 480. The first kappa shape index (κ1) is 15.3. The van der Waals surface area contributed by atoms with E-state index >= 15 is 0 Å². The van der Waals surface area contributed by atoms with Gasteiger partial charge in [-0.3, -0.25) is 0 Å². The fraction of sp³-hybridized carbons (Fsp3) is 0.647. The second kappa shape index (κ2) is 7.12. The third kappa shape index (κ3) is 3.61. The molecule has 3 rings (SSSR count). The van der Waals surface area contributed by atoms with Crippen molar-refractivity contribution in [2.45, 2.75) is 38.1 Å². The summed E-state index contributed by atoms with van der Waals surface area (Å²) in [5, 5.41) is 13.2. The second-order valence-electron chi connectivity index (χ2n) is 6.27. The zero-order chi connectivity index (χ0) is 14.7. The van der Waals surface area contributed by atoms with Crippen molar-refractivity contribution in [3.8, 4) is 5.75 Å². The van der Waals surface area contributed by atoms with Gasteiger partial charge in [-0.05, 0) is 56.2 Å². The average molecular weight is 354 g/mol. The molecule has 3 nitrogen and oxygen atoms in total. The normalized spacial score (nSPS) is 28.8. The number of halogens is 1. The lowest BCUT2D eigenvalue weighted by Gasteiger charge is -2.23. The molecule has 0 saturated heterocycles. The largest absolute Gasteiger partial charge is 0.493 e. The zero-order valence-electron chi connectivity index (χ0n) is 12.4. The Labute approximate surface area is 135 Å². The van der Waals surface area contributed by atoms with E-state index in [4.69, 9.17) is 4.74 Å². The van der Waals surface area contributed by atoms with Gasteiger partial charge in [-0.15, -0.1) is 0 Å². The highest BCUT2D eigenvalue weighted by molar-refractivity contribution is 9.10. The van der Waals surface area contributed by atoms with Crippen molar-refractivity contribution in [3.05, 3.63) is 28.2 Å². The van der Waals surface area contributed by atoms with Crippen LogP contribution in [-0.2, 0) is 0 Å². The molecule has 1 aromatic rings. The molecule has 1 heterocycles. The number of fused-ring (bicyclic) bond motifs is 1. The summed E-state index contributed by atoms with van der Waals surface area (Å²) in [7, 11) is 0. The molecular formula is C17H24BrNO2. The average Bonchev–Trinajstić information content (AvgIpc) is 2.85. The van der Waals surface area contributed by atoms with Gasteiger partial charge in [0.15, 0.2) is 0 Å². The van der Waals surface area contributed by atoms with E-state index in [-0.39, 0.29) is 0 Å². The molecule has 2 aliphatic rings. The maximum Gasteiger partial charge on any atom is 0.125 e. The van der Waals surface area contributed by atoms with E-state index in [1.165, 1.54) is 24.8 Å². The predicted molar refractivity (Wildman–Crippen MR) is 87.5 cm³/mol. The van der Waals surface area contributed by atoms with E-state index in [2.05, 4.69) is 39.4 Å². The van der Waals surface area contributed by atoms with E-state index < -0.39 is 0 Å². The van der Waals surface area contributed by atoms with E-state index in [1.807, 2.05) is 0 Å². The number of rotatable bonds is 4. The molecule has 21 heavy (non-hydrogen) atoms. The fourth-order valence-corrected chi connectivity index (χ4v) is 4.01. The lowest BCUT2D eigenvalue weighted by molar-refractivity contribution is 0.190. The molecule has 2 N–H and O–H groups in total. The smallest absolute Gasteiger partial charge is 0.125 e. The van der Waals surface area contributed by atoms with Gasteiger partial charge in [-0.1, -0.05) is 28.4 Å². The molecule has 1 fully saturated rings. The Morgan fingerprint density at radius 2 is 2.05 bits per heavy atom. The summed E-state index contributed by atoms with van der Waals surface area (Å²) in [6.45, 7) is 2.14. The summed E-state index contributed by atoms with van der Waals surface area (Å²) >= 11 is 3.52. The third-order valence-electron chi connectivity index (χ3n) is 4.92. The Kier molecular flexibility index (Phi) is 5.19. The molecule has 4 heteroatoms. The van der Waals surface area contributed by atoms with Crippen molar-refractivity contribution >= 4 is 15.9 Å². The Morgan fingerprint density at radius 1 is 1.19 bits per heavy atom. The molecule has 1 aliphatic carbocycles. The molecule has 0 radical (unpaired) electrons. The molecule has 3 unspecified atom stereocenters. The van der Waals surface area contributed by atoms with Crippen LogP contribution < -0.4 is 10.1 Å². The number of aliphatic hydroxyl groups excluding tert-OH is 1. The van der Waals surface area contributed by atoms with Crippen LogP contribution in [0.2, 0.25) is 0 Å². The van der Waals surface area contributed by atoms with Crippen LogP contribution in [0.3, 0.4) is 0 Å². The Hall–Kier alpha value is -0.580. The summed E-state index contributed by atoms with van der Waals surface area (Å²) in [4.78, 5) is 0. The molecule has 1 aromatic carbocycles. The standard InChI is InChI=1S/C17H24BrNO2/c18-14-6-7-15-16(5-2-8-21-17(15)9-14)19-10-12-3-1-4-13(12)11-20/h6-7,9,12-13,16,19-20H,1-5,8,10-11H2. The number of hydrogen-bond acceptors (Lipinski definition) is 3. The molecule has 0 spiro atoms. The topological polar surface area (TPSA) is 41.5 Å². The maximum atomic E-state index is 9.45. The highest BCUT2D eigenvalue weighted by atomic mass is 79.9. The van der Waals surface area contributed by atoms with Gasteiger partial charge in [-0.25, -0.2) is 0 Å². The summed E-state index contributed by atoms with van der Waals surface area (Å²) in [5.41, 5.74) is 1.27. The first-order valence-corrected chi connectivity index (χ1v) is 8.83. The third-order valence-corrected chi connectivity index (χ3v) is 5.42. The summed E-state index contributed by atoms with van der Waals surface area (Å²) in [6, 6.07) is 6.70. The van der Waals surface area contributed by atoms with Crippen molar-refractivity contribution in [1.29, 1.82) is 0 Å². The van der Waals surface area contributed by atoms with Crippen molar-refractivity contribution < 1.29 is 9.84 Å². The lowest BCUT2D eigenvalue weighted by Crippen LogP contribution is -2.30. The minimum absolute atomic E-state index is 0.337. The van der Waals surface area contributed by atoms with Crippen molar-refractivity contribution in [2.24, 2.45) is 11.8 Å². The lowest BCUT2D eigenvalue weighted by atomic mass is 9.95. The van der Waals surface area contributed by atoms with Gasteiger partial charge >= 0.3 is 0 Å². The zero-order valence-corrected chi connectivity index (χ0v) is 13.9. The molecule has 3 atom stereocenters. The SMILES string of the molecule is OCC1CCCC1CNC1CCCOc2cc(Br)ccc21. The summed E-state index contributed by atoms with van der Waals surface area (Å²) < 4.78 is 6.93. The van der Waals surface area contributed by atoms with E-state index in [1.54, 1.807) is 0 Å². The predicted octanol–water partition coefficient (Wildman–Crippen LogP) is 3.66. The number of benzene rings is 1. The van der Waals surface area contributed by atoms with Crippen LogP contribution in [0.1, 0.15) is 43.7 Å². The van der Waals surface area contributed by atoms with Gasteiger partial charge in [-0.2, -0.15) is 0 Å². The van der Waals surface area contributed by atoms with E-state index in [0.717, 1.165) is 36.2 Å². The van der Waals surface area contributed by atoms with Crippen LogP contribution in [-0.4, -0.2) is 24.9 Å². The molecule has 0 aromatic heterocycles. The minimum Gasteiger partial charge on any atom is -0.493 e. The van der Waals surface area contributed by atoms with Gasteiger partial charge in [0.2, 0.25) is 0 Å². The highest BCUT2D eigenvalue weighted by Crippen LogP contribution is 2.35. The van der Waals surface area contributed by atoms with E-state index in [0.29, 0.717) is 24.5 Å². The Morgan fingerprint density at radius 3 is 2.90 bits per heavy atom. The number of hydrogen-bond donors (Lipinski definition) is 2. The van der Waals surface area contributed by atoms with Crippen molar-refractivity contribution in [1.82, 2.24) is 5.32 Å². The van der Waals surface area contributed by atoms with Gasteiger partial charge in [0.1, 0.15) is 5.75 Å². The van der Waals surface area contributed by atoms with Crippen LogP contribution in [0, 0.1) is 11.8 Å².